The lowest BCUT2D eigenvalue weighted by Gasteiger charge is -2.03. The number of nitrogens with zero attached hydrogens (tertiary/aromatic N) is 2. The predicted octanol–water partition coefficient (Wildman–Crippen LogP) is 2.16. The van der Waals surface area contributed by atoms with Gasteiger partial charge < -0.3 is 15.0 Å². The van der Waals surface area contributed by atoms with Crippen LogP contribution in [-0.4, -0.2) is 21.9 Å². The van der Waals surface area contributed by atoms with Crippen LogP contribution in [0.2, 0.25) is 0 Å². The molecule has 3 rings (SSSR count). The van der Waals surface area contributed by atoms with Crippen LogP contribution in [-0.2, 0) is 7.05 Å². The van der Waals surface area contributed by atoms with E-state index in [4.69, 9.17) is 10.5 Å². The quantitative estimate of drug-likeness (QED) is 0.723. The maximum absolute atomic E-state index is 5.90. The highest BCUT2D eigenvalue weighted by atomic mass is 16.5. The zero-order chi connectivity index (χ0) is 12.7. The molecule has 0 unspecified atom stereocenters. The van der Waals surface area contributed by atoms with Gasteiger partial charge in [-0.25, -0.2) is 0 Å². The summed E-state index contributed by atoms with van der Waals surface area (Å²) in [6, 6.07) is 8.02. The van der Waals surface area contributed by atoms with Crippen molar-refractivity contribution in [2.75, 3.05) is 12.8 Å². The van der Waals surface area contributed by atoms with Gasteiger partial charge in [0.1, 0.15) is 11.4 Å². The van der Waals surface area contributed by atoms with Gasteiger partial charge in [0, 0.05) is 12.4 Å². The highest BCUT2D eigenvalue weighted by Gasteiger charge is 2.14. The van der Waals surface area contributed by atoms with Crippen LogP contribution in [0.25, 0.3) is 22.3 Å². The first-order valence-corrected chi connectivity index (χ1v) is 5.64. The topological polar surface area (TPSA) is 68.9 Å². The van der Waals surface area contributed by atoms with Gasteiger partial charge in [0.05, 0.1) is 30.2 Å². The smallest absolute Gasteiger partial charge is 0.128 e. The molecule has 0 aliphatic heterocycles. The van der Waals surface area contributed by atoms with Crippen LogP contribution < -0.4 is 10.5 Å². The van der Waals surface area contributed by atoms with E-state index in [1.807, 2.05) is 25.2 Å². The summed E-state index contributed by atoms with van der Waals surface area (Å²) >= 11 is 0. The second-order valence-corrected chi connectivity index (χ2v) is 4.18. The SMILES string of the molecule is COc1cccc2c1cc(-c1[nH]ncc1N)n2C. The number of fused-ring (bicyclic) bond motifs is 1. The van der Waals surface area contributed by atoms with Crippen molar-refractivity contribution in [3.8, 4) is 17.1 Å². The van der Waals surface area contributed by atoms with Gasteiger partial charge >= 0.3 is 0 Å². The molecule has 0 amide bonds. The zero-order valence-corrected chi connectivity index (χ0v) is 10.3. The average Bonchev–Trinajstić information content (AvgIpc) is 2.93. The van der Waals surface area contributed by atoms with E-state index in [0.29, 0.717) is 5.69 Å². The molecule has 0 saturated carbocycles. The maximum atomic E-state index is 5.90. The number of rotatable bonds is 2. The van der Waals surface area contributed by atoms with Gasteiger partial charge in [-0.1, -0.05) is 6.07 Å². The Morgan fingerprint density at radius 3 is 2.89 bits per heavy atom. The molecular formula is C13H14N4O. The highest BCUT2D eigenvalue weighted by molar-refractivity contribution is 5.92. The Morgan fingerprint density at radius 2 is 2.22 bits per heavy atom. The lowest BCUT2D eigenvalue weighted by Crippen LogP contribution is -1.94. The number of anilines is 1. The molecule has 2 heterocycles. The summed E-state index contributed by atoms with van der Waals surface area (Å²) in [5, 5.41) is 7.94. The third kappa shape index (κ3) is 1.37. The van der Waals surface area contributed by atoms with E-state index in [0.717, 1.165) is 28.0 Å². The van der Waals surface area contributed by atoms with E-state index >= 15 is 0 Å². The van der Waals surface area contributed by atoms with Crippen molar-refractivity contribution in [2.45, 2.75) is 0 Å². The number of aromatic nitrogens is 3. The van der Waals surface area contributed by atoms with E-state index < -0.39 is 0 Å². The Balaban J connectivity index is 2.32. The van der Waals surface area contributed by atoms with Crippen LogP contribution in [0.1, 0.15) is 0 Å². The molecule has 1 aromatic carbocycles. The van der Waals surface area contributed by atoms with Crippen LogP contribution in [0.3, 0.4) is 0 Å². The predicted molar refractivity (Wildman–Crippen MR) is 71.5 cm³/mol. The molecule has 18 heavy (non-hydrogen) atoms. The van der Waals surface area contributed by atoms with Crippen molar-refractivity contribution in [2.24, 2.45) is 7.05 Å². The molecule has 0 atom stereocenters. The van der Waals surface area contributed by atoms with Crippen molar-refractivity contribution >= 4 is 16.6 Å². The number of hydrogen-bond donors (Lipinski definition) is 2. The fraction of sp³-hybridized carbons (Fsp3) is 0.154. The Labute approximate surface area is 104 Å². The summed E-state index contributed by atoms with van der Waals surface area (Å²) in [6.07, 6.45) is 1.62. The molecule has 5 heteroatoms. The molecule has 3 N–H and O–H groups in total. The van der Waals surface area contributed by atoms with E-state index in [9.17, 15) is 0 Å². The monoisotopic (exact) mass is 242 g/mol. The van der Waals surface area contributed by atoms with Crippen molar-refractivity contribution < 1.29 is 4.74 Å². The number of nitrogen functional groups attached to an aromatic ring is 1. The highest BCUT2D eigenvalue weighted by Crippen LogP contribution is 2.33. The number of aryl methyl sites for hydroxylation is 1. The number of hydrogen-bond acceptors (Lipinski definition) is 3. The summed E-state index contributed by atoms with van der Waals surface area (Å²) in [6.45, 7) is 0. The van der Waals surface area contributed by atoms with E-state index in [-0.39, 0.29) is 0 Å². The average molecular weight is 242 g/mol. The molecule has 0 saturated heterocycles. The molecule has 0 fully saturated rings. The molecule has 0 bridgehead atoms. The molecule has 3 aromatic rings. The number of benzene rings is 1. The first-order chi connectivity index (χ1) is 8.72. The minimum absolute atomic E-state index is 0.639. The first kappa shape index (κ1) is 10.7. The van der Waals surface area contributed by atoms with E-state index in [1.54, 1.807) is 13.3 Å². The van der Waals surface area contributed by atoms with Crippen LogP contribution in [0.5, 0.6) is 5.75 Å². The molecule has 0 aliphatic rings. The van der Waals surface area contributed by atoms with Gasteiger partial charge in [-0.15, -0.1) is 0 Å². The summed E-state index contributed by atoms with van der Waals surface area (Å²) in [7, 11) is 3.67. The summed E-state index contributed by atoms with van der Waals surface area (Å²) in [5.41, 5.74) is 9.45. The fourth-order valence-electron chi connectivity index (χ4n) is 2.25. The van der Waals surface area contributed by atoms with Crippen molar-refractivity contribution in [3.63, 3.8) is 0 Å². The second-order valence-electron chi connectivity index (χ2n) is 4.18. The fourth-order valence-corrected chi connectivity index (χ4v) is 2.25. The van der Waals surface area contributed by atoms with Crippen molar-refractivity contribution in [1.82, 2.24) is 14.8 Å². The Morgan fingerprint density at radius 1 is 1.39 bits per heavy atom. The molecular weight excluding hydrogens is 228 g/mol. The number of nitrogens with one attached hydrogen (secondary N) is 1. The molecule has 92 valence electrons. The van der Waals surface area contributed by atoms with Crippen LogP contribution in [0.4, 0.5) is 5.69 Å². The number of aromatic amines is 1. The molecule has 0 spiro atoms. The van der Waals surface area contributed by atoms with Gasteiger partial charge in [-0.05, 0) is 18.2 Å². The largest absolute Gasteiger partial charge is 0.496 e. The summed E-state index contributed by atoms with van der Waals surface area (Å²) in [4.78, 5) is 0. The number of nitrogens with two attached hydrogens (primary N) is 1. The van der Waals surface area contributed by atoms with E-state index in [2.05, 4.69) is 20.8 Å². The lowest BCUT2D eigenvalue weighted by molar-refractivity contribution is 0.420. The van der Waals surface area contributed by atoms with Crippen molar-refractivity contribution in [3.05, 3.63) is 30.5 Å². The Kier molecular flexibility index (Phi) is 2.26. The summed E-state index contributed by atoms with van der Waals surface area (Å²) < 4.78 is 7.44. The minimum atomic E-state index is 0.639. The minimum Gasteiger partial charge on any atom is -0.496 e. The van der Waals surface area contributed by atoms with Crippen molar-refractivity contribution in [1.29, 1.82) is 0 Å². The molecule has 2 aromatic heterocycles. The third-order valence-corrected chi connectivity index (χ3v) is 3.19. The second kappa shape index (κ2) is 3.80. The Bertz CT molecular complexity index is 711. The molecule has 0 aliphatic carbocycles. The van der Waals surface area contributed by atoms with Gasteiger partial charge in [0.25, 0.3) is 0 Å². The first-order valence-electron chi connectivity index (χ1n) is 5.64. The normalized spacial score (nSPS) is 11.0. The molecule has 5 nitrogen and oxygen atoms in total. The summed E-state index contributed by atoms with van der Waals surface area (Å²) in [5.74, 6) is 0.854. The van der Waals surface area contributed by atoms with Gasteiger partial charge in [-0.2, -0.15) is 5.10 Å². The number of ether oxygens (including phenoxy) is 1. The van der Waals surface area contributed by atoms with Gasteiger partial charge in [0.2, 0.25) is 0 Å². The zero-order valence-electron chi connectivity index (χ0n) is 10.3. The van der Waals surface area contributed by atoms with E-state index in [1.165, 1.54) is 0 Å². The van der Waals surface area contributed by atoms with Gasteiger partial charge in [0.15, 0.2) is 0 Å². The number of methoxy groups -OCH3 is 1. The lowest BCUT2D eigenvalue weighted by atomic mass is 10.2. The Hall–Kier alpha value is -2.43. The third-order valence-electron chi connectivity index (χ3n) is 3.19. The van der Waals surface area contributed by atoms with Crippen LogP contribution in [0, 0.1) is 0 Å². The van der Waals surface area contributed by atoms with Crippen LogP contribution in [0.15, 0.2) is 30.5 Å². The standard InChI is InChI=1S/C13H14N4O/c1-17-10-4-3-5-12(18-2)8(10)6-11(17)13-9(14)7-15-16-13/h3-7H,14H2,1-2H3,(H,15,16). The van der Waals surface area contributed by atoms with Crippen LogP contribution >= 0.6 is 0 Å². The number of H-pyrrole nitrogens is 1. The van der Waals surface area contributed by atoms with Gasteiger partial charge in [-0.3, -0.25) is 5.10 Å². The maximum Gasteiger partial charge on any atom is 0.128 e. The molecule has 0 radical (unpaired) electrons.